The van der Waals surface area contributed by atoms with Crippen LogP contribution in [0.3, 0.4) is 0 Å². The molecule has 29 heavy (non-hydrogen) atoms. The van der Waals surface area contributed by atoms with E-state index in [-0.39, 0.29) is 11.7 Å². The lowest BCUT2D eigenvalue weighted by molar-refractivity contribution is -0.121. The highest BCUT2D eigenvalue weighted by Gasteiger charge is 2.31. The molecule has 6 nitrogen and oxygen atoms in total. The molecule has 3 rings (SSSR count). The van der Waals surface area contributed by atoms with Gasteiger partial charge in [0.2, 0.25) is 15.9 Å². The number of piperazine rings is 1. The van der Waals surface area contributed by atoms with Crippen LogP contribution >= 0.6 is 23.2 Å². The highest BCUT2D eigenvalue weighted by Crippen LogP contribution is 2.26. The Labute approximate surface area is 181 Å². The number of amides is 1. The topological polar surface area (TPSA) is 69.7 Å². The third-order valence-corrected chi connectivity index (χ3v) is 7.37. The molecule has 0 aromatic heterocycles. The summed E-state index contributed by atoms with van der Waals surface area (Å²) in [6.45, 7) is 3.48. The average Bonchev–Trinajstić information content (AvgIpc) is 2.70. The maximum Gasteiger partial charge on any atom is 0.241 e. The van der Waals surface area contributed by atoms with Gasteiger partial charge < -0.3 is 5.32 Å². The molecule has 0 bridgehead atoms. The highest BCUT2D eigenvalue weighted by atomic mass is 35.5. The van der Waals surface area contributed by atoms with Crippen LogP contribution in [0.25, 0.3) is 0 Å². The lowest BCUT2D eigenvalue weighted by Gasteiger charge is -2.36. The summed E-state index contributed by atoms with van der Waals surface area (Å²) in [6.07, 6.45) is 0. The number of nitrogens with zero attached hydrogens (tertiary/aromatic N) is 2. The van der Waals surface area contributed by atoms with E-state index in [0.717, 1.165) is 5.56 Å². The summed E-state index contributed by atoms with van der Waals surface area (Å²) in [6, 6.07) is 13.6. The molecule has 1 heterocycles. The summed E-state index contributed by atoms with van der Waals surface area (Å²) in [5, 5.41) is 3.67. The van der Waals surface area contributed by atoms with Crippen molar-refractivity contribution >= 4 is 44.8 Å². The van der Waals surface area contributed by atoms with Crippen molar-refractivity contribution in [1.82, 2.24) is 9.21 Å². The maximum atomic E-state index is 12.7. The number of anilines is 1. The summed E-state index contributed by atoms with van der Waals surface area (Å²) >= 11 is 12.0. The molecule has 0 saturated carbocycles. The highest BCUT2D eigenvalue weighted by molar-refractivity contribution is 7.88. The molecule has 1 N–H and O–H groups in total. The number of nitrogens with one attached hydrogen (secondary N) is 1. The smallest absolute Gasteiger partial charge is 0.241 e. The molecular weight excluding hydrogens is 433 g/mol. The summed E-state index contributed by atoms with van der Waals surface area (Å²) in [5.74, 6) is -0.214. The third-order valence-electron chi connectivity index (χ3n) is 4.97. The van der Waals surface area contributed by atoms with Gasteiger partial charge in [0.05, 0.1) is 22.5 Å². The van der Waals surface area contributed by atoms with Crippen molar-refractivity contribution in [2.45, 2.75) is 18.7 Å². The van der Waals surface area contributed by atoms with Crippen molar-refractivity contribution < 1.29 is 13.2 Å². The molecule has 0 aliphatic carbocycles. The van der Waals surface area contributed by atoms with Gasteiger partial charge >= 0.3 is 0 Å². The number of benzene rings is 2. The van der Waals surface area contributed by atoms with Crippen LogP contribution in [0.5, 0.6) is 0 Å². The van der Waals surface area contributed by atoms with E-state index in [1.165, 1.54) is 4.31 Å². The Morgan fingerprint density at radius 3 is 2.34 bits per heavy atom. The van der Waals surface area contributed by atoms with Gasteiger partial charge in [0.25, 0.3) is 0 Å². The van der Waals surface area contributed by atoms with Gasteiger partial charge in [-0.25, -0.2) is 8.42 Å². The van der Waals surface area contributed by atoms with Crippen LogP contribution in [0, 0.1) is 0 Å². The van der Waals surface area contributed by atoms with Crippen LogP contribution in [-0.2, 0) is 20.6 Å². The average molecular weight is 456 g/mol. The Balaban J connectivity index is 1.56. The minimum Gasteiger partial charge on any atom is -0.323 e. The SMILES string of the molecule is CC(C(=O)Nc1ccc(Cl)cc1Cl)N1CCN(S(=O)(=O)Cc2ccccc2)CC1. The van der Waals surface area contributed by atoms with Crippen molar-refractivity contribution in [1.29, 1.82) is 0 Å². The Morgan fingerprint density at radius 1 is 1.07 bits per heavy atom. The predicted octanol–water partition coefficient (Wildman–Crippen LogP) is 3.47. The predicted molar refractivity (Wildman–Crippen MR) is 117 cm³/mol. The zero-order valence-corrected chi connectivity index (χ0v) is 18.3. The second kappa shape index (κ2) is 9.45. The maximum absolute atomic E-state index is 12.7. The first-order valence-electron chi connectivity index (χ1n) is 9.28. The molecule has 1 fully saturated rings. The van der Waals surface area contributed by atoms with Gasteiger partial charge in [-0.05, 0) is 30.7 Å². The monoisotopic (exact) mass is 455 g/mol. The Morgan fingerprint density at radius 2 is 1.72 bits per heavy atom. The molecule has 1 saturated heterocycles. The molecule has 1 atom stereocenters. The summed E-state index contributed by atoms with van der Waals surface area (Å²) in [4.78, 5) is 14.6. The summed E-state index contributed by atoms with van der Waals surface area (Å²) in [5.41, 5.74) is 1.26. The third kappa shape index (κ3) is 5.71. The van der Waals surface area contributed by atoms with E-state index in [2.05, 4.69) is 5.32 Å². The Kier molecular flexibility index (Phi) is 7.19. The summed E-state index contributed by atoms with van der Waals surface area (Å²) in [7, 11) is -3.39. The van der Waals surface area contributed by atoms with Crippen LogP contribution in [0.4, 0.5) is 5.69 Å². The lowest BCUT2D eigenvalue weighted by atomic mass is 10.2. The first-order valence-corrected chi connectivity index (χ1v) is 11.6. The Bertz CT molecular complexity index is 962. The van der Waals surface area contributed by atoms with E-state index < -0.39 is 16.1 Å². The van der Waals surface area contributed by atoms with Crippen molar-refractivity contribution in [2.24, 2.45) is 0 Å². The molecule has 2 aromatic rings. The van der Waals surface area contributed by atoms with Gasteiger partial charge in [0.1, 0.15) is 0 Å². The lowest BCUT2D eigenvalue weighted by Crippen LogP contribution is -2.54. The quantitative estimate of drug-likeness (QED) is 0.723. The fourth-order valence-corrected chi connectivity index (χ4v) is 5.21. The molecule has 2 aromatic carbocycles. The zero-order chi connectivity index (χ0) is 21.0. The van der Waals surface area contributed by atoms with E-state index in [1.807, 2.05) is 35.2 Å². The summed E-state index contributed by atoms with van der Waals surface area (Å²) < 4.78 is 26.8. The number of hydrogen-bond donors (Lipinski definition) is 1. The molecule has 9 heteroatoms. The molecule has 1 unspecified atom stereocenters. The van der Waals surface area contributed by atoms with Gasteiger partial charge in [-0.2, -0.15) is 4.31 Å². The molecule has 0 radical (unpaired) electrons. The van der Waals surface area contributed by atoms with E-state index in [1.54, 1.807) is 25.1 Å². The standard InChI is InChI=1S/C20H23Cl2N3O3S/c1-15(20(26)23-19-8-7-17(21)13-18(19)22)24-9-11-25(12-10-24)29(27,28)14-16-5-3-2-4-6-16/h2-8,13,15H,9-12,14H2,1H3,(H,23,26). The van der Waals surface area contributed by atoms with Gasteiger partial charge in [-0.3, -0.25) is 9.69 Å². The second-order valence-electron chi connectivity index (χ2n) is 6.97. The number of carbonyl (C=O) groups excluding carboxylic acids is 1. The zero-order valence-electron chi connectivity index (χ0n) is 16.0. The first-order chi connectivity index (χ1) is 13.8. The van der Waals surface area contributed by atoms with Crippen molar-refractivity contribution in [2.75, 3.05) is 31.5 Å². The fraction of sp³-hybridized carbons (Fsp3) is 0.350. The molecule has 1 aliphatic rings. The van der Waals surface area contributed by atoms with Crippen molar-refractivity contribution in [3.63, 3.8) is 0 Å². The molecular formula is C20H23Cl2N3O3S. The number of hydrogen-bond acceptors (Lipinski definition) is 4. The molecule has 1 amide bonds. The second-order valence-corrected chi connectivity index (χ2v) is 9.78. The first kappa shape index (κ1) is 22.1. The normalized spacial score (nSPS) is 17.1. The van der Waals surface area contributed by atoms with E-state index in [0.29, 0.717) is 41.9 Å². The van der Waals surface area contributed by atoms with Crippen LogP contribution in [0.2, 0.25) is 10.0 Å². The van der Waals surface area contributed by atoms with Crippen molar-refractivity contribution in [3.05, 3.63) is 64.1 Å². The number of rotatable bonds is 6. The van der Waals surface area contributed by atoms with Crippen molar-refractivity contribution in [3.8, 4) is 0 Å². The molecule has 0 spiro atoms. The number of carbonyl (C=O) groups is 1. The largest absolute Gasteiger partial charge is 0.323 e. The van der Waals surface area contributed by atoms with E-state index >= 15 is 0 Å². The van der Waals surface area contributed by atoms with Gasteiger partial charge in [0, 0.05) is 31.2 Å². The number of halogens is 2. The van der Waals surface area contributed by atoms with E-state index in [9.17, 15) is 13.2 Å². The molecule has 1 aliphatic heterocycles. The minimum absolute atomic E-state index is 0.0149. The van der Waals surface area contributed by atoms with Crippen LogP contribution in [0.1, 0.15) is 12.5 Å². The molecule has 156 valence electrons. The Hall–Kier alpha value is -1.64. The van der Waals surface area contributed by atoms with Crippen LogP contribution < -0.4 is 5.32 Å². The fourth-order valence-electron chi connectivity index (χ4n) is 3.24. The number of sulfonamides is 1. The minimum atomic E-state index is -3.39. The van der Waals surface area contributed by atoms with Gasteiger partial charge in [0.15, 0.2) is 0 Å². The van der Waals surface area contributed by atoms with E-state index in [4.69, 9.17) is 23.2 Å². The van der Waals surface area contributed by atoms with Gasteiger partial charge in [-0.15, -0.1) is 0 Å². The van der Waals surface area contributed by atoms with Gasteiger partial charge in [-0.1, -0.05) is 53.5 Å². The van der Waals surface area contributed by atoms with Crippen LogP contribution in [-0.4, -0.2) is 55.8 Å². The van der Waals surface area contributed by atoms with Crippen LogP contribution in [0.15, 0.2) is 48.5 Å².